The number of allylic oxidation sites excluding steroid dienone is 2. The van der Waals surface area contributed by atoms with E-state index in [0.717, 1.165) is 4.90 Å². The second-order valence-electron chi connectivity index (χ2n) is 4.45. The standard InChI is InChI=1S/C13H16N2O5/c1-20-8-2-3-11(15(7-8)13(18)19)10-6-14-5-4-9(10)12(16)17/h2-3,14H,4-7H2,1H3,(H,16,17)(H,18,19). The van der Waals surface area contributed by atoms with Crippen LogP contribution < -0.4 is 5.32 Å². The van der Waals surface area contributed by atoms with Crippen LogP contribution in [0, 0.1) is 0 Å². The van der Waals surface area contributed by atoms with Crippen LogP contribution in [-0.4, -0.2) is 53.9 Å². The highest BCUT2D eigenvalue weighted by Crippen LogP contribution is 2.27. The van der Waals surface area contributed by atoms with E-state index < -0.39 is 12.1 Å². The van der Waals surface area contributed by atoms with Crippen molar-refractivity contribution in [3.05, 3.63) is 34.8 Å². The third-order valence-corrected chi connectivity index (χ3v) is 3.31. The van der Waals surface area contributed by atoms with Gasteiger partial charge in [-0.1, -0.05) is 0 Å². The Hall–Kier alpha value is -2.28. The molecule has 0 unspecified atom stereocenters. The molecule has 0 radical (unpaired) electrons. The van der Waals surface area contributed by atoms with E-state index in [-0.39, 0.29) is 12.1 Å². The number of carbonyl (C=O) groups is 2. The predicted octanol–water partition coefficient (Wildman–Crippen LogP) is 0.769. The Morgan fingerprint density at radius 3 is 2.70 bits per heavy atom. The highest BCUT2D eigenvalue weighted by Gasteiger charge is 2.29. The number of carboxylic acid groups (broad SMARTS) is 2. The highest BCUT2D eigenvalue weighted by atomic mass is 16.5. The number of hydrogen-bond acceptors (Lipinski definition) is 4. The van der Waals surface area contributed by atoms with Crippen molar-refractivity contribution < 1.29 is 24.5 Å². The van der Waals surface area contributed by atoms with E-state index in [1.807, 2.05) is 0 Å². The molecule has 0 saturated heterocycles. The zero-order valence-electron chi connectivity index (χ0n) is 11.0. The van der Waals surface area contributed by atoms with E-state index in [1.165, 1.54) is 7.11 Å². The number of amides is 1. The molecule has 2 aliphatic rings. The summed E-state index contributed by atoms with van der Waals surface area (Å²) in [6.45, 7) is 0.992. The van der Waals surface area contributed by atoms with Crippen LogP contribution in [0.5, 0.6) is 0 Å². The minimum Gasteiger partial charge on any atom is -0.499 e. The van der Waals surface area contributed by atoms with Crippen molar-refractivity contribution in [3.63, 3.8) is 0 Å². The first-order chi connectivity index (χ1) is 9.54. The molecular formula is C13H16N2O5. The molecule has 0 fully saturated rings. The summed E-state index contributed by atoms with van der Waals surface area (Å²) in [5, 5.41) is 21.6. The van der Waals surface area contributed by atoms with Crippen molar-refractivity contribution in [2.24, 2.45) is 0 Å². The molecule has 1 amide bonds. The van der Waals surface area contributed by atoms with Gasteiger partial charge in [0.15, 0.2) is 0 Å². The molecule has 0 aromatic rings. The first kappa shape index (κ1) is 14.1. The second-order valence-corrected chi connectivity index (χ2v) is 4.45. The molecule has 2 rings (SSSR count). The Bertz CT molecular complexity index is 533. The van der Waals surface area contributed by atoms with Gasteiger partial charge in [-0.05, 0) is 25.1 Å². The normalized spacial score (nSPS) is 19.4. The first-order valence-electron chi connectivity index (χ1n) is 6.16. The maximum absolute atomic E-state index is 11.4. The molecule has 0 aromatic heterocycles. The van der Waals surface area contributed by atoms with Crippen LogP contribution in [0.4, 0.5) is 4.79 Å². The average molecular weight is 280 g/mol. The minimum atomic E-state index is -1.14. The molecule has 0 aromatic carbocycles. The Morgan fingerprint density at radius 1 is 1.35 bits per heavy atom. The van der Waals surface area contributed by atoms with E-state index in [9.17, 15) is 19.8 Å². The van der Waals surface area contributed by atoms with Crippen molar-refractivity contribution in [2.45, 2.75) is 6.42 Å². The van der Waals surface area contributed by atoms with Crippen LogP contribution in [0.25, 0.3) is 0 Å². The summed E-state index contributed by atoms with van der Waals surface area (Å²) < 4.78 is 5.05. The molecule has 2 aliphatic heterocycles. The van der Waals surface area contributed by atoms with Crippen molar-refractivity contribution in [1.82, 2.24) is 10.2 Å². The maximum atomic E-state index is 11.4. The van der Waals surface area contributed by atoms with Gasteiger partial charge < -0.3 is 20.3 Å². The predicted molar refractivity (Wildman–Crippen MR) is 70.1 cm³/mol. The lowest BCUT2D eigenvalue weighted by Crippen LogP contribution is -2.38. The van der Waals surface area contributed by atoms with E-state index in [4.69, 9.17) is 4.74 Å². The second kappa shape index (κ2) is 5.79. The summed E-state index contributed by atoms with van der Waals surface area (Å²) in [7, 11) is 1.47. The summed E-state index contributed by atoms with van der Waals surface area (Å²) in [6, 6.07) is 0. The number of hydrogen-bond donors (Lipinski definition) is 3. The molecular weight excluding hydrogens is 264 g/mol. The minimum absolute atomic E-state index is 0.0774. The Balaban J connectivity index is 2.46. The molecule has 0 spiro atoms. The highest BCUT2D eigenvalue weighted by molar-refractivity contribution is 5.89. The van der Waals surface area contributed by atoms with Crippen molar-refractivity contribution in [3.8, 4) is 0 Å². The Kier molecular flexibility index (Phi) is 4.09. The fraction of sp³-hybridized carbons (Fsp3) is 0.385. The zero-order valence-corrected chi connectivity index (χ0v) is 11.0. The molecule has 7 nitrogen and oxygen atoms in total. The van der Waals surface area contributed by atoms with Gasteiger partial charge in [0.2, 0.25) is 0 Å². The van der Waals surface area contributed by atoms with Crippen LogP contribution in [-0.2, 0) is 9.53 Å². The third kappa shape index (κ3) is 2.67. The summed E-state index contributed by atoms with van der Waals surface area (Å²) in [6.07, 6.45) is 2.48. The van der Waals surface area contributed by atoms with Gasteiger partial charge in [-0.15, -0.1) is 0 Å². The lowest BCUT2D eigenvalue weighted by Gasteiger charge is -2.30. The summed E-state index contributed by atoms with van der Waals surface area (Å²) in [4.78, 5) is 23.7. The molecule has 0 aliphatic carbocycles. The monoisotopic (exact) mass is 280 g/mol. The number of nitrogens with zero attached hydrogens (tertiary/aromatic N) is 1. The van der Waals surface area contributed by atoms with Gasteiger partial charge in [0.1, 0.15) is 5.76 Å². The van der Waals surface area contributed by atoms with Crippen molar-refractivity contribution in [2.75, 3.05) is 26.7 Å². The summed E-state index contributed by atoms with van der Waals surface area (Å²) >= 11 is 0. The van der Waals surface area contributed by atoms with E-state index in [2.05, 4.69) is 5.32 Å². The van der Waals surface area contributed by atoms with E-state index in [0.29, 0.717) is 36.5 Å². The van der Waals surface area contributed by atoms with Crippen LogP contribution >= 0.6 is 0 Å². The Morgan fingerprint density at radius 2 is 2.10 bits per heavy atom. The lowest BCUT2D eigenvalue weighted by atomic mass is 9.96. The molecule has 0 atom stereocenters. The number of ether oxygens (including phenoxy) is 1. The largest absolute Gasteiger partial charge is 0.499 e. The quantitative estimate of drug-likeness (QED) is 0.706. The van der Waals surface area contributed by atoms with Gasteiger partial charge in [0.05, 0.1) is 19.4 Å². The van der Waals surface area contributed by atoms with E-state index in [1.54, 1.807) is 12.2 Å². The number of nitrogens with one attached hydrogen (secondary N) is 1. The van der Waals surface area contributed by atoms with Gasteiger partial charge in [0.25, 0.3) is 0 Å². The van der Waals surface area contributed by atoms with Crippen LogP contribution in [0.1, 0.15) is 6.42 Å². The zero-order chi connectivity index (χ0) is 14.7. The van der Waals surface area contributed by atoms with Gasteiger partial charge in [-0.2, -0.15) is 0 Å². The summed E-state index contributed by atoms with van der Waals surface area (Å²) in [5.74, 6) is -0.494. The average Bonchev–Trinajstić information content (AvgIpc) is 2.46. The van der Waals surface area contributed by atoms with Crippen LogP contribution in [0.3, 0.4) is 0 Å². The molecule has 108 valence electrons. The molecule has 7 heteroatoms. The number of carboxylic acids is 1. The van der Waals surface area contributed by atoms with E-state index >= 15 is 0 Å². The van der Waals surface area contributed by atoms with Gasteiger partial charge >= 0.3 is 12.1 Å². The van der Waals surface area contributed by atoms with Crippen LogP contribution in [0.15, 0.2) is 34.8 Å². The fourth-order valence-corrected chi connectivity index (χ4v) is 2.29. The summed E-state index contributed by atoms with van der Waals surface area (Å²) in [5.41, 5.74) is 1.16. The number of methoxy groups -OCH3 is 1. The molecule has 0 bridgehead atoms. The SMILES string of the molecule is COC1=CC=C(C2=C(C(=O)O)CCNC2)N(C(=O)O)C1. The topological polar surface area (TPSA) is 99.1 Å². The first-order valence-corrected chi connectivity index (χ1v) is 6.16. The number of aliphatic carboxylic acids is 1. The molecule has 20 heavy (non-hydrogen) atoms. The number of rotatable bonds is 3. The van der Waals surface area contributed by atoms with Gasteiger partial charge in [-0.25, -0.2) is 9.59 Å². The smallest absolute Gasteiger partial charge is 0.412 e. The molecule has 0 saturated carbocycles. The maximum Gasteiger partial charge on any atom is 0.412 e. The van der Waals surface area contributed by atoms with Gasteiger partial charge in [-0.3, -0.25) is 4.90 Å². The molecule has 2 heterocycles. The third-order valence-electron chi connectivity index (χ3n) is 3.31. The molecule has 3 N–H and O–H groups in total. The van der Waals surface area contributed by atoms with Crippen molar-refractivity contribution >= 4 is 12.1 Å². The lowest BCUT2D eigenvalue weighted by molar-refractivity contribution is -0.132. The van der Waals surface area contributed by atoms with Crippen LogP contribution in [0.2, 0.25) is 0 Å². The Labute approximate surface area is 115 Å². The van der Waals surface area contributed by atoms with Crippen molar-refractivity contribution in [1.29, 1.82) is 0 Å². The fourth-order valence-electron chi connectivity index (χ4n) is 2.29. The van der Waals surface area contributed by atoms with Gasteiger partial charge in [0, 0.05) is 17.7 Å².